The van der Waals surface area contributed by atoms with E-state index in [9.17, 15) is 18.3 Å². The molecule has 1 aliphatic heterocycles. The maximum atomic E-state index is 13.6. The molecule has 3 aromatic heterocycles. The number of anilines is 1. The minimum atomic E-state index is -4.46. The highest BCUT2D eigenvalue weighted by molar-refractivity contribution is 7.95. The Bertz CT molecular complexity index is 1480. The van der Waals surface area contributed by atoms with Gasteiger partial charge < -0.3 is 19.5 Å². The summed E-state index contributed by atoms with van der Waals surface area (Å²) in [5, 5.41) is 15.1. The van der Waals surface area contributed by atoms with Crippen LogP contribution in [0.3, 0.4) is 0 Å². The van der Waals surface area contributed by atoms with Crippen LogP contribution in [0.25, 0.3) is 17.0 Å². The number of fused-ring (bicyclic) bond motifs is 1. The second-order valence-electron chi connectivity index (χ2n) is 9.73. The smallest absolute Gasteiger partial charge is 0.390 e. The number of halogens is 3. The summed E-state index contributed by atoms with van der Waals surface area (Å²) in [5.41, 5.74) is 2.00. The number of alkyl halides is 3. The zero-order chi connectivity index (χ0) is 30.4. The van der Waals surface area contributed by atoms with E-state index in [1.54, 1.807) is 23.9 Å². The van der Waals surface area contributed by atoms with Gasteiger partial charge in [0.1, 0.15) is 0 Å². The molecular formula is C28H36F3N7O3S. The van der Waals surface area contributed by atoms with Crippen LogP contribution in [0.15, 0.2) is 36.7 Å². The summed E-state index contributed by atoms with van der Waals surface area (Å²) in [4.78, 5) is 11.4. The third kappa shape index (κ3) is 7.06. The number of aliphatic hydroxyl groups excluding tert-OH is 1. The van der Waals surface area contributed by atoms with E-state index in [4.69, 9.17) is 14.8 Å². The van der Waals surface area contributed by atoms with Crippen molar-refractivity contribution in [2.24, 2.45) is 0 Å². The van der Waals surface area contributed by atoms with E-state index in [2.05, 4.69) is 14.6 Å². The van der Waals surface area contributed by atoms with E-state index in [0.29, 0.717) is 66.1 Å². The molecule has 0 radical (unpaired) electrons. The van der Waals surface area contributed by atoms with Crippen molar-refractivity contribution in [3.8, 4) is 11.4 Å². The summed E-state index contributed by atoms with van der Waals surface area (Å²) >= 11 is 1.44. The van der Waals surface area contributed by atoms with Gasteiger partial charge in [0.2, 0.25) is 0 Å². The van der Waals surface area contributed by atoms with Crippen molar-refractivity contribution in [2.75, 3.05) is 59.0 Å². The molecular weight excluding hydrogens is 571 g/mol. The van der Waals surface area contributed by atoms with Crippen LogP contribution in [0.5, 0.6) is 0 Å². The Morgan fingerprint density at radius 3 is 2.52 bits per heavy atom. The van der Waals surface area contributed by atoms with Crippen LogP contribution in [0.2, 0.25) is 0 Å². The van der Waals surface area contributed by atoms with Crippen LogP contribution in [0.1, 0.15) is 35.0 Å². The quantitative estimate of drug-likeness (QED) is 0.292. The molecule has 0 atom stereocenters. The first-order valence-corrected chi connectivity index (χ1v) is 14.2. The number of imidazole rings is 2. The number of rotatable bonds is 8. The molecule has 0 saturated carbocycles. The third-order valence-corrected chi connectivity index (χ3v) is 7.53. The Morgan fingerprint density at radius 2 is 1.90 bits per heavy atom. The van der Waals surface area contributed by atoms with Gasteiger partial charge in [-0.1, -0.05) is 12.1 Å². The summed E-state index contributed by atoms with van der Waals surface area (Å²) in [5.74, 6) is 1.31. The molecule has 0 unspecified atom stereocenters. The Balaban J connectivity index is 0.000000952. The molecule has 10 nitrogen and oxygen atoms in total. The van der Waals surface area contributed by atoms with Crippen molar-refractivity contribution in [1.82, 2.24) is 27.9 Å². The lowest BCUT2D eigenvalue weighted by Gasteiger charge is -2.28. The first kappa shape index (κ1) is 31.8. The van der Waals surface area contributed by atoms with E-state index in [1.165, 1.54) is 25.1 Å². The number of morpholine rings is 1. The van der Waals surface area contributed by atoms with Crippen molar-refractivity contribution in [1.29, 1.82) is 0 Å². The standard InChI is InChI=1S/C25H28F3N7O2S.C3H8O/c1-16-17(5-4-6-19(16)25(26,27)28)13-21-20(15-36)30-24-18(23-29-7-8-34(23)38-32(2)3)14-22(31-35(21)24)33-9-11-37-12-10-33;1-3-4-2/h4-8,14,36H,9-13,15H2,1-3H3;3H2,1-2H3. The number of benzene rings is 1. The molecule has 0 amide bonds. The molecule has 5 rings (SSSR count). The predicted molar refractivity (Wildman–Crippen MR) is 156 cm³/mol. The van der Waals surface area contributed by atoms with Crippen LogP contribution >= 0.6 is 12.1 Å². The van der Waals surface area contributed by atoms with Gasteiger partial charge in [-0.2, -0.15) is 13.2 Å². The lowest BCUT2D eigenvalue weighted by atomic mass is 9.98. The van der Waals surface area contributed by atoms with Crippen molar-refractivity contribution in [2.45, 2.75) is 33.1 Å². The summed E-state index contributed by atoms with van der Waals surface area (Å²) in [6.07, 6.45) is -0.809. The molecule has 228 valence electrons. The number of nitrogens with zero attached hydrogens (tertiary/aromatic N) is 7. The van der Waals surface area contributed by atoms with Gasteiger partial charge in [-0.25, -0.2) is 18.8 Å². The number of aliphatic hydroxyl groups is 1. The average Bonchev–Trinajstić information content (AvgIpc) is 3.57. The first-order chi connectivity index (χ1) is 20.1. The van der Waals surface area contributed by atoms with Gasteiger partial charge in [0.25, 0.3) is 0 Å². The SMILES string of the molecule is CCOC.Cc1c(Cc2c(CO)nc3c(-c4nccn4SN(C)C)cc(N4CCOCC4)nn23)cccc1C(F)(F)F. The van der Waals surface area contributed by atoms with Gasteiger partial charge in [-0.3, -0.25) is 3.97 Å². The molecule has 1 saturated heterocycles. The Kier molecular flexibility index (Phi) is 10.5. The minimum absolute atomic E-state index is 0.118. The number of hydrogen-bond acceptors (Lipinski definition) is 9. The van der Waals surface area contributed by atoms with Crippen LogP contribution in [-0.2, 0) is 28.7 Å². The maximum Gasteiger partial charge on any atom is 0.416 e. The molecule has 1 N–H and O–H groups in total. The van der Waals surface area contributed by atoms with Gasteiger partial charge in [0.05, 0.1) is 42.3 Å². The summed E-state index contributed by atoms with van der Waals surface area (Å²) in [7, 11) is 5.52. The Morgan fingerprint density at radius 1 is 1.19 bits per heavy atom. The van der Waals surface area contributed by atoms with Crippen molar-refractivity contribution >= 4 is 23.6 Å². The minimum Gasteiger partial charge on any atom is -0.390 e. The fraction of sp³-hybridized carbons (Fsp3) is 0.464. The molecule has 14 heteroatoms. The van der Waals surface area contributed by atoms with E-state index in [-0.39, 0.29) is 18.6 Å². The fourth-order valence-electron chi connectivity index (χ4n) is 4.60. The summed E-state index contributed by atoms with van der Waals surface area (Å²) in [6, 6.07) is 6.07. The molecule has 42 heavy (non-hydrogen) atoms. The van der Waals surface area contributed by atoms with E-state index in [0.717, 1.165) is 12.7 Å². The molecule has 1 fully saturated rings. The fourth-order valence-corrected chi connectivity index (χ4v) is 5.28. The lowest BCUT2D eigenvalue weighted by Crippen LogP contribution is -2.37. The molecule has 1 aliphatic rings. The van der Waals surface area contributed by atoms with E-state index >= 15 is 0 Å². The molecule has 4 aromatic rings. The van der Waals surface area contributed by atoms with Gasteiger partial charge in [-0.05, 0) is 51.2 Å². The predicted octanol–water partition coefficient (Wildman–Crippen LogP) is 4.47. The summed E-state index contributed by atoms with van der Waals surface area (Å²) in [6.45, 7) is 6.26. The second-order valence-corrected chi connectivity index (χ2v) is 11.0. The van der Waals surface area contributed by atoms with E-state index in [1.807, 2.05) is 41.6 Å². The molecule has 0 bridgehead atoms. The number of ether oxygens (including phenoxy) is 2. The van der Waals surface area contributed by atoms with Crippen LogP contribution < -0.4 is 4.90 Å². The normalized spacial score (nSPS) is 14.0. The van der Waals surface area contributed by atoms with Crippen molar-refractivity contribution in [3.05, 3.63) is 64.7 Å². The van der Waals surface area contributed by atoms with Gasteiger partial charge in [0.15, 0.2) is 17.3 Å². The summed E-state index contributed by atoms with van der Waals surface area (Å²) < 4.78 is 56.3. The van der Waals surface area contributed by atoms with Crippen LogP contribution in [0, 0.1) is 6.92 Å². The van der Waals surface area contributed by atoms with Crippen LogP contribution in [-0.4, -0.2) is 87.1 Å². The molecule has 4 heterocycles. The Hall–Kier alpha value is -3.17. The van der Waals surface area contributed by atoms with Crippen LogP contribution in [0.4, 0.5) is 19.0 Å². The number of hydrogen-bond donors (Lipinski definition) is 1. The second kappa shape index (κ2) is 13.9. The zero-order valence-corrected chi connectivity index (χ0v) is 25.2. The monoisotopic (exact) mass is 607 g/mol. The maximum absolute atomic E-state index is 13.6. The number of aromatic nitrogens is 5. The van der Waals surface area contributed by atoms with Gasteiger partial charge in [-0.15, -0.1) is 5.10 Å². The largest absolute Gasteiger partial charge is 0.416 e. The molecule has 0 aliphatic carbocycles. The first-order valence-electron chi connectivity index (χ1n) is 13.5. The average molecular weight is 608 g/mol. The lowest BCUT2D eigenvalue weighted by molar-refractivity contribution is -0.138. The van der Waals surface area contributed by atoms with Gasteiger partial charge >= 0.3 is 6.18 Å². The number of methoxy groups -OCH3 is 1. The topological polar surface area (TPSA) is 93.2 Å². The highest BCUT2D eigenvalue weighted by Crippen LogP contribution is 2.35. The highest BCUT2D eigenvalue weighted by atomic mass is 32.2. The van der Waals surface area contributed by atoms with Crippen molar-refractivity contribution in [3.63, 3.8) is 0 Å². The van der Waals surface area contributed by atoms with Gasteiger partial charge in [0, 0.05) is 57.8 Å². The Labute approximate surface area is 247 Å². The molecule has 0 spiro atoms. The van der Waals surface area contributed by atoms with Crippen molar-refractivity contribution < 1.29 is 27.8 Å². The van der Waals surface area contributed by atoms with E-state index < -0.39 is 11.7 Å². The highest BCUT2D eigenvalue weighted by Gasteiger charge is 2.33. The third-order valence-electron chi connectivity index (χ3n) is 6.73. The molecule has 1 aromatic carbocycles. The zero-order valence-electron chi connectivity index (χ0n) is 24.4.